The van der Waals surface area contributed by atoms with Crippen molar-refractivity contribution in [1.82, 2.24) is 15.2 Å². The number of pyridine rings is 1. The van der Waals surface area contributed by atoms with Gasteiger partial charge >= 0.3 is 0 Å². The molecule has 1 aliphatic heterocycles. The van der Waals surface area contributed by atoms with Crippen molar-refractivity contribution in [2.75, 3.05) is 10.6 Å². The highest BCUT2D eigenvalue weighted by Crippen LogP contribution is 2.51. The van der Waals surface area contributed by atoms with Gasteiger partial charge in [-0.1, -0.05) is 73.7 Å². The molecule has 33 heavy (non-hydrogen) atoms. The molecule has 8 heteroatoms. The Morgan fingerprint density at radius 1 is 1.03 bits per heavy atom. The average Bonchev–Trinajstić information content (AvgIpc) is 3.34. The summed E-state index contributed by atoms with van der Waals surface area (Å²) in [5.41, 5.74) is 3.78. The van der Waals surface area contributed by atoms with Gasteiger partial charge in [0, 0.05) is 23.6 Å². The van der Waals surface area contributed by atoms with E-state index >= 15 is 0 Å². The van der Waals surface area contributed by atoms with Crippen molar-refractivity contribution < 1.29 is 9.53 Å². The number of hydrogen-bond donors (Lipinski definition) is 2. The summed E-state index contributed by atoms with van der Waals surface area (Å²) in [5, 5.41) is 14.5. The summed E-state index contributed by atoms with van der Waals surface area (Å²) < 4.78 is 6.18. The fourth-order valence-electron chi connectivity index (χ4n) is 4.12. The van der Waals surface area contributed by atoms with E-state index in [0.717, 1.165) is 16.7 Å². The summed E-state index contributed by atoms with van der Waals surface area (Å²) in [6, 6.07) is 21.9. The number of anilines is 2. The predicted molar refractivity (Wildman–Crippen MR) is 129 cm³/mol. The summed E-state index contributed by atoms with van der Waals surface area (Å²) in [6.45, 7) is 4.52. The van der Waals surface area contributed by atoms with E-state index in [2.05, 4.69) is 33.0 Å². The number of ether oxygens (including phenoxy) is 1. The number of fused-ring (bicyclic) bond motifs is 2. The van der Waals surface area contributed by atoms with E-state index in [1.807, 2.05) is 68.4 Å². The van der Waals surface area contributed by atoms with Gasteiger partial charge in [-0.25, -0.2) is 0 Å². The SMILES string of the molecule is CC(C)(C(=O)Nc1nncs1)C1c2ccccc2Oc2nc(NCc3ccccc3)ccc21. The molecule has 0 bridgehead atoms. The topological polar surface area (TPSA) is 89.0 Å². The molecule has 0 saturated carbocycles. The molecule has 166 valence electrons. The lowest BCUT2D eigenvalue weighted by molar-refractivity contribution is -0.124. The number of amides is 1. The zero-order valence-corrected chi connectivity index (χ0v) is 19.1. The van der Waals surface area contributed by atoms with Gasteiger partial charge in [-0.15, -0.1) is 10.2 Å². The first-order valence-corrected chi connectivity index (χ1v) is 11.5. The molecule has 2 aromatic carbocycles. The number of carbonyl (C=O) groups is 1. The quantitative estimate of drug-likeness (QED) is 0.400. The van der Waals surface area contributed by atoms with Crippen LogP contribution in [0.15, 0.2) is 72.2 Å². The van der Waals surface area contributed by atoms with Crippen LogP contribution in [-0.4, -0.2) is 21.1 Å². The molecular formula is C25H23N5O2S. The molecule has 0 saturated heterocycles. The summed E-state index contributed by atoms with van der Waals surface area (Å²) in [7, 11) is 0. The monoisotopic (exact) mass is 457 g/mol. The van der Waals surface area contributed by atoms with Gasteiger partial charge in [-0.05, 0) is 23.8 Å². The fraction of sp³-hybridized carbons (Fsp3) is 0.200. The Morgan fingerprint density at radius 3 is 2.61 bits per heavy atom. The second-order valence-corrected chi connectivity index (χ2v) is 9.26. The highest BCUT2D eigenvalue weighted by atomic mass is 32.1. The van der Waals surface area contributed by atoms with Gasteiger partial charge in [0.2, 0.25) is 16.9 Å². The number of nitrogens with one attached hydrogen (secondary N) is 2. The van der Waals surface area contributed by atoms with Crippen LogP contribution in [0.25, 0.3) is 0 Å². The molecule has 2 aromatic heterocycles. The lowest BCUT2D eigenvalue weighted by Crippen LogP contribution is -2.38. The lowest BCUT2D eigenvalue weighted by Gasteiger charge is -2.37. The normalized spacial score (nSPS) is 14.5. The Balaban J connectivity index is 1.48. The van der Waals surface area contributed by atoms with Gasteiger partial charge in [-0.2, -0.15) is 4.98 Å². The molecule has 1 atom stereocenters. The smallest absolute Gasteiger partial charge is 0.232 e. The number of para-hydroxylation sites is 1. The lowest BCUT2D eigenvalue weighted by atomic mass is 9.70. The zero-order valence-electron chi connectivity index (χ0n) is 18.3. The molecule has 0 fully saturated rings. The van der Waals surface area contributed by atoms with Crippen molar-refractivity contribution in [2.24, 2.45) is 5.41 Å². The minimum atomic E-state index is -0.805. The van der Waals surface area contributed by atoms with Crippen LogP contribution in [0.4, 0.5) is 10.9 Å². The van der Waals surface area contributed by atoms with Gasteiger partial charge < -0.3 is 15.4 Å². The maximum absolute atomic E-state index is 13.3. The molecule has 7 nitrogen and oxygen atoms in total. The average molecular weight is 458 g/mol. The molecular weight excluding hydrogens is 434 g/mol. The molecule has 2 N–H and O–H groups in total. The van der Waals surface area contributed by atoms with Crippen molar-refractivity contribution in [3.05, 3.63) is 88.9 Å². The molecule has 3 heterocycles. The number of aromatic nitrogens is 3. The van der Waals surface area contributed by atoms with E-state index in [0.29, 0.717) is 29.1 Å². The van der Waals surface area contributed by atoms with E-state index in [4.69, 9.17) is 9.72 Å². The van der Waals surface area contributed by atoms with Crippen LogP contribution in [-0.2, 0) is 11.3 Å². The Kier molecular flexibility index (Phi) is 5.51. The van der Waals surface area contributed by atoms with E-state index in [9.17, 15) is 4.79 Å². The van der Waals surface area contributed by atoms with Crippen molar-refractivity contribution in [3.63, 3.8) is 0 Å². The molecule has 0 spiro atoms. The van der Waals surface area contributed by atoms with Crippen molar-refractivity contribution in [3.8, 4) is 11.6 Å². The molecule has 5 rings (SSSR count). The maximum atomic E-state index is 13.3. The van der Waals surface area contributed by atoms with Crippen molar-refractivity contribution in [1.29, 1.82) is 0 Å². The third-order valence-electron chi connectivity index (χ3n) is 5.84. The van der Waals surface area contributed by atoms with Crippen LogP contribution in [0.1, 0.15) is 36.5 Å². The standard InChI is InChI=1S/C25H23N5O2S/c1-25(2,23(31)29-24-30-27-15-33-24)21-17-10-6-7-11-19(17)32-22-18(21)12-13-20(28-22)26-14-16-8-4-3-5-9-16/h3-13,15,21H,14H2,1-2H3,(H,26,28)(H,29,30,31). The van der Waals surface area contributed by atoms with Crippen LogP contribution in [0.5, 0.6) is 11.6 Å². The molecule has 1 amide bonds. The van der Waals surface area contributed by atoms with E-state index in [1.54, 1.807) is 5.51 Å². The highest BCUT2D eigenvalue weighted by Gasteiger charge is 2.44. The van der Waals surface area contributed by atoms with E-state index in [1.165, 1.54) is 11.3 Å². The number of nitrogens with zero attached hydrogens (tertiary/aromatic N) is 3. The van der Waals surface area contributed by atoms with Gasteiger partial charge in [-0.3, -0.25) is 4.79 Å². The number of carbonyl (C=O) groups excluding carboxylic acids is 1. The second kappa shape index (κ2) is 8.63. The van der Waals surface area contributed by atoms with Gasteiger partial charge in [0.1, 0.15) is 17.1 Å². The van der Waals surface area contributed by atoms with E-state index < -0.39 is 5.41 Å². The minimum Gasteiger partial charge on any atom is -0.438 e. The third kappa shape index (κ3) is 4.17. The number of benzene rings is 2. The molecule has 4 aromatic rings. The summed E-state index contributed by atoms with van der Waals surface area (Å²) in [5.74, 6) is 1.54. The summed E-state index contributed by atoms with van der Waals surface area (Å²) in [4.78, 5) is 18.1. The Morgan fingerprint density at radius 2 is 1.82 bits per heavy atom. The minimum absolute atomic E-state index is 0.141. The summed E-state index contributed by atoms with van der Waals surface area (Å²) in [6.07, 6.45) is 0. The van der Waals surface area contributed by atoms with Gasteiger partial charge in [0.05, 0.1) is 5.41 Å². The van der Waals surface area contributed by atoms with Gasteiger partial charge in [0.25, 0.3) is 0 Å². The van der Waals surface area contributed by atoms with Crippen LogP contribution < -0.4 is 15.4 Å². The van der Waals surface area contributed by atoms with Crippen LogP contribution >= 0.6 is 11.3 Å². The Hall–Kier alpha value is -3.78. The fourth-order valence-corrected chi connectivity index (χ4v) is 4.56. The first-order valence-electron chi connectivity index (χ1n) is 10.7. The molecule has 0 radical (unpaired) electrons. The highest BCUT2D eigenvalue weighted by molar-refractivity contribution is 7.13. The van der Waals surface area contributed by atoms with Crippen LogP contribution in [0.2, 0.25) is 0 Å². The second-order valence-electron chi connectivity index (χ2n) is 8.42. The van der Waals surface area contributed by atoms with Crippen molar-refractivity contribution in [2.45, 2.75) is 26.3 Å². The molecule has 1 aliphatic rings. The first-order chi connectivity index (χ1) is 16.0. The molecule has 1 unspecified atom stereocenters. The molecule has 0 aliphatic carbocycles. The van der Waals surface area contributed by atoms with Gasteiger partial charge in [0.15, 0.2) is 0 Å². The first kappa shape index (κ1) is 21.1. The largest absolute Gasteiger partial charge is 0.438 e. The van der Waals surface area contributed by atoms with Crippen LogP contribution in [0, 0.1) is 5.41 Å². The Bertz CT molecular complexity index is 1280. The Labute approximate surface area is 195 Å². The zero-order chi connectivity index (χ0) is 22.8. The maximum Gasteiger partial charge on any atom is 0.232 e. The van der Waals surface area contributed by atoms with Crippen LogP contribution in [0.3, 0.4) is 0 Å². The van der Waals surface area contributed by atoms with E-state index in [-0.39, 0.29) is 11.8 Å². The summed E-state index contributed by atoms with van der Waals surface area (Å²) >= 11 is 1.29. The number of hydrogen-bond acceptors (Lipinski definition) is 7. The predicted octanol–water partition coefficient (Wildman–Crippen LogP) is 5.45. The third-order valence-corrected chi connectivity index (χ3v) is 6.45. The van der Waals surface area contributed by atoms with Crippen molar-refractivity contribution >= 4 is 28.2 Å². The number of rotatable bonds is 6.